The third kappa shape index (κ3) is 5.48. The molecule has 1 aromatic carbocycles. The number of aromatic nitrogens is 1. The van der Waals surface area contributed by atoms with Crippen molar-refractivity contribution in [3.63, 3.8) is 0 Å². The van der Waals surface area contributed by atoms with Crippen molar-refractivity contribution in [2.45, 2.75) is 33.7 Å². The van der Waals surface area contributed by atoms with E-state index < -0.39 is 0 Å². The number of oxazole rings is 1. The lowest BCUT2D eigenvalue weighted by Crippen LogP contribution is -2.40. The van der Waals surface area contributed by atoms with Gasteiger partial charge in [0.1, 0.15) is 12.3 Å². The van der Waals surface area contributed by atoms with E-state index in [0.717, 1.165) is 48.1 Å². The van der Waals surface area contributed by atoms with Crippen LogP contribution in [0.25, 0.3) is 0 Å². The molecule has 6 nitrogen and oxygen atoms in total. The molecule has 1 saturated heterocycles. The van der Waals surface area contributed by atoms with Crippen LogP contribution in [0, 0.1) is 19.8 Å². The second-order valence-corrected chi connectivity index (χ2v) is 7.82. The Kier molecular flexibility index (Phi) is 6.77. The van der Waals surface area contributed by atoms with Gasteiger partial charge in [0.15, 0.2) is 5.96 Å². The lowest BCUT2D eigenvalue weighted by Gasteiger charge is -2.19. The first-order valence-corrected chi connectivity index (χ1v) is 10.3. The van der Waals surface area contributed by atoms with E-state index in [2.05, 4.69) is 72.6 Å². The molecule has 0 bridgehead atoms. The summed E-state index contributed by atoms with van der Waals surface area (Å²) >= 11 is 3.50. The van der Waals surface area contributed by atoms with Crippen LogP contribution in [0.2, 0.25) is 0 Å². The number of nitrogens with zero attached hydrogens (tertiary/aromatic N) is 3. The number of anilines is 1. The van der Waals surface area contributed by atoms with Crippen molar-refractivity contribution in [2.75, 3.05) is 31.1 Å². The SMILES string of the molecule is CCNC(=NCc1nc(C)c(C)o1)NCC1CCN(c2ccc(Br)cc2)C1. The predicted octanol–water partition coefficient (Wildman–Crippen LogP) is 3.64. The monoisotopic (exact) mass is 433 g/mol. The number of guanidine groups is 1. The maximum atomic E-state index is 5.61. The van der Waals surface area contributed by atoms with Crippen molar-refractivity contribution in [2.24, 2.45) is 10.9 Å². The zero-order chi connectivity index (χ0) is 19.2. The normalized spacial score (nSPS) is 17.4. The van der Waals surface area contributed by atoms with Gasteiger partial charge in [-0.3, -0.25) is 0 Å². The van der Waals surface area contributed by atoms with Crippen LogP contribution in [0.5, 0.6) is 0 Å². The number of halogens is 1. The number of hydrogen-bond acceptors (Lipinski definition) is 4. The Bertz CT molecular complexity index is 752. The van der Waals surface area contributed by atoms with E-state index in [1.807, 2.05) is 13.8 Å². The minimum Gasteiger partial charge on any atom is -0.444 e. The van der Waals surface area contributed by atoms with Gasteiger partial charge in [0.05, 0.1) is 5.69 Å². The highest BCUT2D eigenvalue weighted by atomic mass is 79.9. The summed E-state index contributed by atoms with van der Waals surface area (Å²) in [6.07, 6.45) is 1.18. The van der Waals surface area contributed by atoms with Gasteiger partial charge in [0, 0.05) is 36.3 Å². The highest BCUT2D eigenvalue weighted by Gasteiger charge is 2.22. The summed E-state index contributed by atoms with van der Waals surface area (Å²) in [4.78, 5) is 11.4. The topological polar surface area (TPSA) is 65.7 Å². The van der Waals surface area contributed by atoms with Crippen LogP contribution in [0.15, 0.2) is 38.1 Å². The quantitative estimate of drug-likeness (QED) is 0.537. The summed E-state index contributed by atoms with van der Waals surface area (Å²) in [6, 6.07) is 8.55. The molecular formula is C20H28BrN5O. The highest BCUT2D eigenvalue weighted by molar-refractivity contribution is 9.10. The summed E-state index contributed by atoms with van der Waals surface area (Å²) in [6.45, 7) is 10.3. The Morgan fingerprint density at radius 1 is 1.30 bits per heavy atom. The average Bonchev–Trinajstić information content (AvgIpc) is 3.25. The van der Waals surface area contributed by atoms with Gasteiger partial charge in [0.25, 0.3) is 0 Å². The molecule has 1 aliphatic rings. The third-order valence-corrected chi connectivity index (χ3v) is 5.35. The molecule has 2 heterocycles. The molecule has 27 heavy (non-hydrogen) atoms. The smallest absolute Gasteiger partial charge is 0.216 e. The van der Waals surface area contributed by atoms with Crippen LogP contribution in [0.1, 0.15) is 30.7 Å². The molecule has 3 rings (SSSR count). The lowest BCUT2D eigenvalue weighted by molar-refractivity contribution is 0.472. The van der Waals surface area contributed by atoms with Crippen molar-refractivity contribution in [1.29, 1.82) is 0 Å². The van der Waals surface area contributed by atoms with E-state index in [-0.39, 0.29) is 0 Å². The first-order valence-electron chi connectivity index (χ1n) is 9.50. The summed E-state index contributed by atoms with van der Waals surface area (Å²) in [7, 11) is 0. The van der Waals surface area contributed by atoms with Gasteiger partial charge in [-0.2, -0.15) is 0 Å². The first-order chi connectivity index (χ1) is 13.0. The average molecular weight is 434 g/mol. The molecule has 0 saturated carbocycles. The van der Waals surface area contributed by atoms with Gasteiger partial charge in [-0.15, -0.1) is 0 Å². The van der Waals surface area contributed by atoms with Crippen molar-refractivity contribution in [1.82, 2.24) is 15.6 Å². The van der Waals surface area contributed by atoms with Crippen molar-refractivity contribution in [3.05, 3.63) is 46.1 Å². The Labute approximate surface area is 169 Å². The van der Waals surface area contributed by atoms with Crippen LogP contribution in [0.4, 0.5) is 5.69 Å². The van der Waals surface area contributed by atoms with Crippen molar-refractivity contribution >= 4 is 27.6 Å². The van der Waals surface area contributed by atoms with E-state index in [1.54, 1.807) is 0 Å². The molecule has 2 aromatic rings. The van der Waals surface area contributed by atoms with Gasteiger partial charge >= 0.3 is 0 Å². The minimum absolute atomic E-state index is 0.444. The molecule has 1 fully saturated rings. The molecule has 7 heteroatoms. The van der Waals surface area contributed by atoms with Crippen LogP contribution >= 0.6 is 15.9 Å². The number of hydrogen-bond donors (Lipinski definition) is 2. The molecule has 0 spiro atoms. The number of aryl methyl sites for hydroxylation is 2. The fourth-order valence-electron chi connectivity index (χ4n) is 3.22. The van der Waals surface area contributed by atoms with Gasteiger partial charge in [0.2, 0.25) is 5.89 Å². The second-order valence-electron chi connectivity index (χ2n) is 6.90. The minimum atomic E-state index is 0.444. The Morgan fingerprint density at radius 3 is 2.74 bits per heavy atom. The maximum Gasteiger partial charge on any atom is 0.216 e. The largest absolute Gasteiger partial charge is 0.444 e. The standard InChI is InChI=1S/C20H28BrN5O/c1-4-22-20(24-12-19-25-14(2)15(3)27-19)23-11-16-9-10-26(13-16)18-7-5-17(21)6-8-18/h5-8,16H,4,9-13H2,1-3H3,(H2,22,23,24). The van der Waals surface area contributed by atoms with E-state index >= 15 is 0 Å². The van der Waals surface area contributed by atoms with Crippen molar-refractivity contribution < 1.29 is 4.42 Å². The van der Waals surface area contributed by atoms with E-state index in [1.165, 1.54) is 12.1 Å². The molecule has 1 unspecified atom stereocenters. The molecule has 146 valence electrons. The molecule has 0 radical (unpaired) electrons. The zero-order valence-corrected chi connectivity index (χ0v) is 17.8. The molecule has 1 aromatic heterocycles. The van der Waals surface area contributed by atoms with Crippen LogP contribution in [-0.2, 0) is 6.54 Å². The number of aliphatic imine (C=N–C) groups is 1. The summed E-state index contributed by atoms with van der Waals surface area (Å²) < 4.78 is 6.73. The molecule has 1 atom stereocenters. The zero-order valence-electron chi connectivity index (χ0n) is 16.3. The Balaban J connectivity index is 1.51. The molecular weight excluding hydrogens is 406 g/mol. The second kappa shape index (κ2) is 9.26. The van der Waals surface area contributed by atoms with Gasteiger partial charge in [-0.1, -0.05) is 15.9 Å². The summed E-state index contributed by atoms with van der Waals surface area (Å²) in [5.74, 6) is 2.93. The van der Waals surface area contributed by atoms with Gasteiger partial charge in [-0.25, -0.2) is 9.98 Å². The highest BCUT2D eigenvalue weighted by Crippen LogP contribution is 2.24. The van der Waals surface area contributed by atoms with Crippen molar-refractivity contribution in [3.8, 4) is 0 Å². The van der Waals surface area contributed by atoms with Crippen LogP contribution in [-0.4, -0.2) is 37.1 Å². The summed E-state index contributed by atoms with van der Waals surface area (Å²) in [5.41, 5.74) is 2.22. The molecule has 1 aliphatic heterocycles. The third-order valence-electron chi connectivity index (χ3n) is 4.83. The Morgan fingerprint density at radius 2 is 2.07 bits per heavy atom. The van der Waals surface area contributed by atoms with Gasteiger partial charge < -0.3 is 20.0 Å². The first kappa shape index (κ1) is 19.7. The van der Waals surface area contributed by atoms with E-state index in [4.69, 9.17) is 4.42 Å². The Hall–Kier alpha value is -2.02. The van der Waals surface area contributed by atoms with Gasteiger partial charge in [-0.05, 0) is 57.4 Å². The number of benzene rings is 1. The fourth-order valence-corrected chi connectivity index (χ4v) is 3.49. The maximum absolute atomic E-state index is 5.61. The predicted molar refractivity (Wildman–Crippen MR) is 113 cm³/mol. The fraction of sp³-hybridized carbons (Fsp3) is 0.500. The number of nitrogens with one attached hydrogen (secondary N) is 2. The van der Waals surface area contributed by atoms with E-state index in [0.29, 0.717) is 18.4 Å². The molecule has 2 N–H and O–H groups in total. The molecule has 0 aliphatic carbocycles. The molecule has 0 amide bonds. The van der Waals surface area contributed by atoms with E-state index in [9.17, 15) is 0 Å². The number of rotatable bonds is 6. The summed E-state index contributed by atoms with van der Waals surface area (Å²) in [5, 5.41) is 6.77. The lowest BCUT2D eigenvalue weighted by atomic mass is 10.1. The van der Waals surface area contributed by atoms with Crippen LogP contribution in [0.3, 0.4) is 0 Å². The van der Waals surface area contributed by atoms with Crippen LogP contribution < -0.4 is 15.5 Å².